The van der Waals surface area contributed by atoms with Crippen LogP contribution in [0.2, 0.25) is 0 Å². The van der Waals surface area contributed by atoms with Gasteiger partial charge in [-0.3, -0.25) is 4.98 Å². The van der Waals surface area contributed by atoms with Gasteiger partial charge in [-0.25, -0.2) is 13.8 Å². The highest BCUT2D eigenvalue weighted by Gasteiger charge is 2.15. The highest BCUT2D eigenvalue weighted by molar-refractivity contribution is 5.49. The number of rotatable bonds is 6. The van der Waals surface area contributed by atoms with E-state index in [0.717, 1.165) is 18.2 Å². The van der Waals surface area contributed by atoms with Crippen molar-refractivity contribution in [1.29, 1.82) is 0 Å². The molecule has 0 aliphatic rings. The third kappa shape index (κ3) is 3.87. The second-order valence-corrected chi connectivity index (χ2v) is 4.73. The molecule has 2 rings (SSSR count). The van der Waals surface area contributed by atoms with E-state index in [1.807, 2.05) is 25.1 Å². The lowest BCUT2D eigenvalue weighted by molar-refractivity contribution is 0.572. The molecule has 6 heteroatoms. The van der Waals surface area contributed by atoms with E-state index >= 15 is 0 Å². The molecule has 0 aliphatic carbocycles. The monoisotopic (exact) mass is 292 g/mol. The molecular formula is C15H18F2N4. The third-order valence-electron chi connectivity index (χ3n) is 2.94. The summed E-state index contributed by atoms with van der Waals surface area (Å²) in [6, 6.07) is 6.37. The van der Waals surface area contributed by atoms with Crippen LogP contribution in [0.4, 0.5) is 20.4 Å². The Morgan fingerprint density at radius 1 is 1.24 bits per heavy atom. The van der Waals surface area contributed by atoms with Crippen molar-refractivity contribution < 1.29 is 8.78 Å². The minimum atomic E-state index is -0.687. The molecule has 0 aliphatic heterocycles. The van der Waals surface area contributed by atoms with Crippen molar-refractivity contribution in [3.63, 3.8) is 0 Å². The Kier molecular flexibility index (Phi) is 5.03. The summed E-state index contributed by atoms with van der Waals surface area (Å²) in [7, 11) is 1.70. The quantitative estimate of drug-likeness (QED) is 0.887. The standard InChI is InChI=1S/C15H18F2N4/c1-3-7-19-14-12(16)9-13(17)15(20-14)21(2)10-11-6-4-5-8-18-11/h4-6,8-9H,3,7,10H2,1-2H3,(H,19,20). The van der Waals surface area contributed by atoms with Gasteiger partial charge in [0, 0.05) is 25.9 Å². The van der Waals surface area contributed by atoms with Crippen LogP contribution in [0, 0.1) is 11.6 Å². The molecule has 21 heavy (non-hydrogen) atoms. The third-order valence-corrected chi connectivity index (χ3v) is 2.94. The molecule has 0 radical (unpaired) electrons. The molecule has 0 atom stereocenters. The Morgan fingerprint density at radius 3 is 2.71 bits per heavy atom. The number of nitrogens with one attached hydrogen (secondary N) is 1. The number of pyridine rings is 2. The van der Waals surface area contributed by atoms with E-state index in [1.165, 1.54) is 0 Å². The average molecular weight is 292 g/mol. The molecule has 0 saturated carbocycles. The Hall–Kier alpha value is -2.24. The van der Waals surface area contributed by atoms with Crippen LogP contribution in [0.1, 0.15) is 19.0 Å². The van der Waals surface area contributed by atoms with Crippen molar-refractivity contribution in [3.8, 4) is 0 Å². The number of aromatic nitrogens is 2. The van der Waals surface area contributed by atoms with Crippen molar-refractivity contribution in [1.82, 2.24) is 9.97 Å². The molecule has 1 N–H and O–H groups in total. The van der Waals surface area contributed by atoms with Crippen molar-refractivity contribution in [3.05, 3.63) is 47.8 Å². The van der Waals surface area contributed by atoms with Crippen LogP contribution in [-0.4, -0.2) is 23.6 Å². The fourth-order valence-electron chi connectivity index (χ4n) is 1.90. The number of halogens is 2. The number of anilines is 2. The average Bonchev–Trinajstić information content (AvgIpc) is 2.47. The topological polar surface area (TPSA) is 41.1 Å². The number of hydrogen-bond acceptors (Lipinski definition) is 4. The van der Waals surface area contributed by atoms with Gasteiger partial charge in [-0.15, -0.1) is 0 Å². The Bertz CT molecular complexity index is 590. The molecule has 112 valence electrons. The minimum absolute atomic E-state index is 0.0705. The summed E-state index contributed by atoms with van der Waals surface area (Å²) < 4.78 is 27.6. The van der Waals surface area contributed by atoms with Gasteiger partial charge in [-0.1, -0.05) is 13.0 Å². The fraction of sp³-hybridized carbons (Fsp3) is 0.333. The summed E-state index contributed by atoms with van der Waals surface area (Å²) in [5.41, 5.74) is 0.786. The molecule has 0 amide bonds. The van der Waals surface area contributed by atoms with Gasteiger partial charge in [0.1, 0.15) is 0 Å². The lowest BCUT2D eigenvalue weighted by atomic mass is 10.3. The summed E-state index contributed by atoms with van der Waals surface area (Å²) in [6.07, 6.45) is 2.50. The van der Waals surface area contributed by atoms with E-state index in [0.29, 0.717) is 13.1 Å². The first-order valence-electron chi connectivity index (χ1n) is 6.82. The van der Waals surface area contributed by atoms with E-state index in [4.69, 9.17) is 0 Å². The van der Waals surface area contributed by atoms with Crippen molar-refractivity contribution in [2.24, 2.45) is 0 Å². The molecule has 0 fully saturated rings. The maximum atomic E-state index is 13.9. The molecule has 2 aromatic rings. The Morgan fingerprint density at radius 2 is 2.05 bits per heavy atom. The normalized spacial score (nSPS) is 10.5. The predicted molar refractivity (Wildman–Crippen MR) is 79.3 cm³/mol. The number of nitrogens with zero attached hydrogens (tertiary/aromatic N) is 3. The maximum absolute atomic E-state index is 13.9. The van der Waals surface area contributed by atoms with Gasteiger partial charge >= 0.3 is 0 Å². The first-order valence-corrected chi connectivity index (χ1v) is 6.82. The first-order chi connectivity index (χ1) is 10.1. The molecule has 0 aromatic carbocycles. The summed E-state index contributed by atoms with van der Waals surface area (Å²) in [4.78, 5) is 9.83. The van der Waals surface area contributed by atoms with Crippen molar-refractivity contribution in [2.45, 2.75) is 19.9 Å². The minimum Gasteiger partial charge on any atom is -0.368 e. The van der Waals surface area contributed by atoms with E-state index in [-0.39, 0.29) is 11.6 Å². The van der Waals surface area contributed by atoms with Gasteiger partial charge < -0.3 is 10.2 Å². The number of hydrogen-bond donors (Lipinski definition) is 1. The Labute approximate surface area is 122 Å². The van der Waals surface area contributed by atoms with Crippen LogP contribution in [0.3, 0.4) is 0 Å². The first kappa shape index (κ1) is 15.2. The highest BCUT2D eigenvalue weighted by Crippen LogP contribution is 2.22. The zero-order valence-electron chi connectivity index (χ0n) is 12.1. The second kappa shape index (κ2) is 6.97. The zero-order valence-corrected chi connectivity index (χ0v) is 12.1. The molecule has 0 spiro atoms. The SMILES string of the molecule is CCCNc1nc(N(C)Cc2ccccn2)c(F)cc1F. The van der Waals surface area contributed by atoms with Crippen LogP contribution in [-0.2, 0) is 6.54 Å². The lowest BCUT2D eigenvalue weighted by Crippen LogP contribution is -2.21. The van der Waals surface area contributed by atoms with E-state index < -0.39 is 11.6 Å². The van der Waals surface area contributed by atoms with Gasteiger partial charge in [-0.2, -0.15) is 0 Å². The predicted octanol–water partition coefficient (Wildman–Crippen LogP) is 3.21. The van der Waals surface area contributed by atoms with Crippen LogP contribution < -0.4 is 10.2 Å². The molecule has 2 heterocycles. The van der Waals surface area contributed by atoms with E-state index in [1.54, 1.807) is 18.1 Å². The zero-order chi connectivity index (χ0) is 15.2. The van der Waals surface area contributed by atoms with Gasteiger partial charge in [0.05, 0.1) is 12.2 Å². The molecular weight excluding hydrogens is 274 g/mol. The fourth-order valence-corrected chi connectivity index (χ4v) is 1.90. The summed E-state index contributed by atoms with van der Waals surface area (Å²) in [5.74, 6) is -1.20. The molecule has 2 aromatic heterocycles. The Balaban J connectivity index is 2.21. The van der Waals surface area contributed by atoms with Crippen molar-refractivity contribution in [2.75, 3.05) is 23.8 Å². The van der Waals surface area contributed by atoms with Crippen LogP contribution in [0.5, 0.6) is 0 Å². The second-order valence-electron chi connectivity index (χ2n) is 4.73. The van der Waals surface area contributed by atoms with E-state index in [9.17, 15) is 8.78 Å². The summed E-state index contributed by atoms with van der Waals surface area (Å²) >= 11 is 0. The maximum Gasteiger partial charge on any atom is 0.168 e. The van der Waals surface area contributed by atoms with Gasteiger partial charge in [-0.05, 0) is 18.6 Å². The van der Waals surface area contributed by atoms with Crippen LogP contribution in [0.15, 0.2) is 30.5 Å². The lowest BCUT2D eigenvalue weighted by Gasteiger charge is -2.19. The molecule has 0 bridgehead atoms. The smallest absolute Gasteiger partial charge is 0.168 e. The van der Waals surface area contributed by atoms with Gasteiger partial charge in [0.25, 0.3) is 0 Å². The van der Waals surface area contributed by atoms with Gasteiger partial charge in [0.2, 0.25) is 0 Å². The summed E-state index contributed by atoms with van der Waals surface area (Å²) in [5, 5.41) is 2.85. The van der Waals surface area contributed by atoms with E-state index in [2.05, 4.69) is 15.3 Å². The van der Waals surface area contributed by atoms with Crippen LogP contribution >= 0.6 is 0 Å². The van der Waals surface area contributed by atoms with Crippen LogP contribution in [0.25, 0.3) is 0 Å². The molecule has 0 unspecified atom stereocenters. The summed E-state index contributed by atoms with van der Waals surface area (Å²) in [6.45, 7) is 2.94. The molecule has 0 saturated heterocycles. The highest BCUT2D eigenvalue weighted by atomic mass is 19.1. The van der Waals surface area contributed by atoms with Crippen molar-refractivity contribution >= 4 is 11.6 Å². The molecule has 4 nitrogen and oxygen atoms in total. The largest absolute Gasteiger partial charge is 0.368 e. The van der Waals surface area contributed by atoms with Gasteiger partial charge in [0.15, 0.2) is 23.3 Å².